The smallest absolute Gasteiger partial charge is 0.0833 e. The summed E-state index contributed by atoms with van der Waals surface area (Å²) in [5.74, 6) is 3.09. The van der Waals surface area contributed by atoms with Gasteiger partial charge in [-0.05, 0) is 18.9 Å². The molecule has 13 heavy (non-hydrogen) atoms. The Morgan fingerprint density at radius 1 is 1.46 bits per heavy atom. The van der Waals surface area contributed by atoms with Gasteiger partial charge in [-0.3, -0.25) is 0 Å². The van der Waals surface area contributed by atoms with Crippen LogP contribution in [0.4, 0.5) is 0 Å². The van der Waals surface area contributed by atoms with Crippen LogP contribution in [-0.2, 0) is 0 Å². The number of hydrogen-bond acceptors (Lipinski definition) is 4. The van der Waals surface area contributed by atoms with Crippen LogP contribution in [0.5, 0.6) is 0 Å². The standard InChI is InChI=1S/C9H21NOS2/c1-4-13-6-5-10-7-9(2,11)8-12-3/h10-11H,4-8H2,1-3H3. The summed E-state index contributed by atoms with van der Waals surface area (Å²) in [5, 5.41) is 13.0. The maximum atomic E-state index is 9.78. The Bertz CT molecular complexity index is 120. The van der Waals surface area contributed by atoms with Gasteiger partial charge in [0.05, 0.1) is 5.60 Å². The average molecular weight is 223 g/mol. The fourth-order valence-electron chi connectivity index (χ4n) is 1.01. The number of rotatable bonds is 8. The van der Waals surface area contributed by atoms with Crippen LogP contribution in [0.15, 0.2) is 0 Å². The van der Waals surface area contributed by atoms with Crippen molar-refractivity contribution in [1.82, 2.24) is 5.32 Å². The predicted octanol–water partition coefficient (Wildman–Crippen LogP) is 1.44. The molecule has 0 saturated carbocycles. The number of thioether (sulfide) groups is 2. The molecule has 0 spiro atoms. The van der Waals surface area contributed by atoms with Crippen LogP contribution in [0.3, 0.4) is 0 Å². The van der Waals surface area contributed by atoms with E-state index < -0.39 is 5.60 Å². The monoisotopic (exact) mass is 223 g/mol. The highest BCUT2D eigenvalue weighted by atomic mass is 32.2. The van der Waals surface area contributed by atoms with Crippen molar-refractivity contribution in [3.8, 4) is 0 Å². The minimum atomic E-state index is -0.559. The molecule has 4 heteroatoms. The Morgan fingerprint density at radius 2 is 2.15 bits per heavy atom. The first-order chi connectivity index (χ1) is 6.12. The topological polar surface area (TPSA) is 32.3 Å². The lowest BCUT2D eigenvalue weighted by molar-refractivity contribution is 0.0857. The molecule has 2 N–H and O–H groups in total. The van der Waals surface area contributed by atoms with E-state index in [1.165, 1.54) is 5.75 Å². The molecule has 0 fully saturated rings. The summed E-state index contributed by atoms with van der Waals surface area (Å²) in [6, 6.07) is 0. The van der Waals surface area contributed by atoms with E-state index in [9.17, 15) is 5.11 Å². The maximum absolute atomic E-state index is 9.78. The molecule has 0 aliphatic heterocycles. The molecule has 80 valence electrons. The van der Waals surface area contributed by atoms with Crippen LogP contribution in [0.25, 0.3) is 0 Å². The summed E-state index contributed by atoms with van der Waals surface area (Å²) in [4.78, 5) is 0. The summed E-state index contributed by atoms with van der Waals surface area (Å²) in [6.45, 7) is 5.72. The van der Waals surface area contributed by atoms with Gasteiger partial charge >= 0.3 is 0 Å². The normalized spacial score (nSPS) is 15.7. The van der Waals surface area contributed by atoms with Crippen molar-refractivity contribution in [2.75, 3.05) is 36.6 Å². The van der Waals surface area contributed by atoms with Crippen molar-refractivity contribution in [2.45, 2.75) is 19.4 Å². The second kappa shape index (κ2) is 7.97. The molecule has 0 aromatic heterocycles. The molecule has 1 atom stereocenters. The Kier molecular flexibility index (Phi) is 8.35. The van der Waals surface area contributed by atoms with E-state index in [4.69, 9.17) is 0 Å². The molecular weight excluding hydrogens is 202 g/mol. The van der Waals surface area contributed by atoms with E-state index >= 15 is 0 Å². The van der Waals surface area contributed by atoms with Gasteiger partial charge in [-0.15, -0.1) is 0 Å². The quantitative estimate of drug-likeness (QED) is 0.610. The second-order valence-corrected chi connectivity index (χ2v) is 5.56. The summed E-state index contributed by atoms with van der Waals surface area (Å²) >= 11 is 3.60. The lowest BCUT2D eigenvalue weighted by Gasteiger charge is -2.22. The van der Waals surface area contributed by atoms with Crippen LogP contribution < -0.4 is 5.32 Å². The zero-order chi connectivity index (χ0) is 10.2. The molecule has 2 nitrogen and oxygen atoms in total. The second-order valence-electron chi connectivity index (χ2n) is 3.30. The summed E-state index contributed by atoms with van der Waals surface area (Å²) < 4.78 is 0. The lowest BCUT2D eigenvalue weighted by atomic mass is 10.1. The molecule has 0 heterocycles. The number of nitrogens with one attached hydrogen (secondary N) is 1. The molecule has 0 aliphatic rings. The van der Waals surface area contributed by atoms with Crippen molar-refractivity contribution in [3.63, 3.8) is 0 Å². The highest BCUT2D eigenvalue weighted by molar-refractivity contribution is 7.99. The van der Waals surface area contributed by atoms with Crippen LogP contribution in [0.2, 0.25) is 0 Å². The largest absolute Gasteiger partial charge is 0.388 e. The summed E-state index contributed by atoms with van der Waals surface area (Å²) in [7, 11) is 0. The van der Waals surface area contributed by atoms with E-state index in [1.54, 1.807) is 11.8 Å². The van der Waals surface area contributed by atoms with Gasteiger partial charge in [0.2, 0.25) is 0 Å². The van der Waals surface area contributed by atoms with E-state index in [-0.39, 0.29) is 0 Å². The minimum absolute atomic E-state index is 0.559. The highest BCUT2D eigenvalue weighted by Gasteiger charge is 2.18. The fraction of sp³-hybridized carbons (Fsp3) is 1.00. The van der Waals surface area contributed by atoms with Gasteiger partial charge in [0.15, 0.2) is 0 Å². The summed E-state index contributed by atoms with van der Waals surface area (Å²) in [6.07, 6.45) is 2.02. The summed E-state index contributed by atoms with van der Waals surface area (Å²) in [5.41, 5.74) is -0.559. The van der Waals surface area contributed by atoms with Crippen LogP contribution in [0.1, 0.15) is 13.8 Å². The molecule has 0 aliphatic carbocycles. The Balaban J connectivity index is 3.29. The van der Waals surface area contributed by atoms with E-state index in [0.29, 0.717) is 6.54 Å². The highest BCUT2D eigenvalue weighted by Crippen LogP contribution is 2.08. The molecule has 0 aromatic rings. The Hall–Kier alpha value is 0.620. The van der Waals surface area contributed by atoms with Gasteiger partial charge in [0, 0.05) is 24.6 Å². The first-order valence-electron chi connectivity index (χ1n) is 4.62. The third-order valence-electron chi connectivity index (χ3n) is 1.59. The molecular formula is C9H21NOS2. The van der Waals surface area contributed by atoms with E-state index in [0.717, 1.165) is 18.1 Å². The molecule has 0 saturated heterocycles. The zero-order valence-corrected chi connectivity index (χ0v) is 10.4. The average Bonchev–Trinajstić information content (AvgIpc) is 2.04. The number of aliphatic hydroxyl groups is 1. The van der Waals surface area contributed by atoms with Crippen molar-refractivity contribution in [2.24, 2.45) is 0 Å². The van der Waals surface area contributed by atoms with Gasteiger partial charge in [0.1, 0.15) is 0 Å². The molecule has 0 bridgehead atoms. The fourth-order valence-corrected chi connectivity index (χ4v) is 2.31. The minimum Gasteiger partial charge on any atom is -0.388 e. The van der Waals surface area contributed by atoms with Gasteiger partial charge < -0.3 is 10.4 Å². The molecule has 0 radical (unpaired) electrons. The first kappa shape index (κ1) is 13.6. The van der Waals surface area contributed by atoms with Gasteiger partial charge in [-0.1, -0.05) is 6.92 Å². The van der Waals surface area contributed by atoms with Crippen LogP contribution >= 0.6 is 23.5 Å². The van der Waals surface area contributed by atoms with Crippen LogP contribution in [-0.4, -0.2) is 47.3 Å². The number of hydrogen-bond donors (Lipinski definition) is 2. The molecule has 1 unspecified atom stereocenters. The third-order valence-corrected chi connectivity index (χ3v) is 3.40. The van der Waals surface area contributed by atoms with Gasteiger partial charge in [-0.2, -0.15) is 23.5 Å². The first-order valence-corrected chi connectivity index (χ1v) is 7.17. The van der Waals surface area contributed by atoms with Crippen LogP contribution in [0, 0.1) is 0 Å². The molecule has 0 aromatic carbocycles. The van der Waals surface area contributed by atoms with Crippen molar-refractivity contribution in [3.05, 3.63) is 0 Å². The van der Waals surface area contributed by atoms with E-state index in [1.807, 2.05) is 24.9 Å². The van der Waals surface area contributed by atoms with Crippen molar-refractivity contribution in [1.29, 1.82) is 0 Å². The SMILES string of the molecule is CCSCCNCC(C)(O)CSC. The van der Waals surface area contributed by atoms with E-state index in [2.05, 4.69) is 12.2 Å². The van der Waals surface area contributed by atoms with Gasteiger partial charge in [-0.25, -0.2) is 0 Å². The lowest BCUT2D eigenvalue weighted by Crippen LogP contribution is -2.40. The Morgan fingerprint density at radius 3 is 2.69 bits per heavy atom. The van der Waals surface area contributed by atoms with Gasteiger partial charge in [0.25, 0.3) is 0 Å². The zero-order valence-electron chi connectivity index (χ0n) is 8.80. The van der Waals surface area contributed by atoms with Crippen molar-refractivity contribution >= 4 is 23.5 Å². The Labute approximate surface area is 90.2 Å². The molecule has 0 rings (SSSR count). The molecule has 0 amide bonds. The van der Waals surface area contributed by atoms with Crippen molar-refractivity contribution < 1.29 is 5.11 Å². The maximum Gasteiger partial charge on any atom is 0.0833 e. The predicted molar refractivity (Wildman–Crippen MR) is 64.9 cm³/mol. The third kappa shape index (κ3) is 8.94.